The predicted octanol–water partition coefficient (Wildman–Crippen LogP) is 2.91. The van der Waals surface area contributed by atoms with Crippen molar-refractivity contribution in [1.82, 2.24) is 14.5 Å². The van der Waals surface area contributed by atoms with Crippen molar-refractivity contribution in [1.29, 1.82) is 0 Å². The van der Waals surface area contributed by atoms with Gasteiger partial charge in [-0.3, -0.25) is 5.10 Å². The van der Waals surface area contributed by atoms with E-state index < -0.39 is 10.0 Å². The van der Waals surface area contributed by atoms with E-state index in [1.165, 1.54) is 5.56 Å². The minimum atomic E-state index is -3.39. The molecule has 1 fully saturated rings. The van der Waals surface area contributed by atoms with Crippen molar-refractivity contribution in [3.63, 3.8) is 0 Å². The van der Waals surface area contributed by atoms with E-state index in [2.05, 4.69) is 16.3 Å². The number of hydrogen-bond acceptors (Lipinski definition) is 3. The highest BCUT2D eigenvalue weighted by molar-refractivity contribution is 7.93. The van der Waals surface area contributed by atoms with Crippen molar-refractivity contribution < 1.29 is 8.42 Å². The Morgan fingerprint density at radius 3 is 2.92 bits per heavy atom. The molecule has 0 bridgehead atoms. The first kappa shape index (κ1) is 15.6. The van der Waals surface area contributed by atoms with Crippen molar-refractivity contribution >= 4 is 16.1 Å². The first-order chi connectivity index (χ1) is 11.6. The summed E-state index contributed by atoms with van der Waals surface area (Å²) in [6.07, 6.45) is 8.81. The second-order valence-corrected chi connectivity index (χ2v) is 8.53. The molecule has 2 aromatic rings. The molecule has 1 saturated heterocycles. The summed E-state index contributed by atoms with van der Waals surface area (Å²) >= 11 is 0. The van der Waals surface area contributed by atoms with Crippen LogP contribution in [-0.4, -0.2) is 36.0 Å². The lowest BCUT2D eigenvalue weighted by Crippen LogP contribution is -2.39. The largest absolute Gasteiger partial charge is 0.285 e. The summed E-state index contributed by atoms with van der Waals surface area (Å²) in [5.41, 5.74) is 3.36. The van der Waals surface area contributed by atoms with E-state index in [9.17, 15) is 8.42 Å². The summed E-state index contributed by atoms with van der Waals surface area (Å²) in [5.74, 6) is 0.226. The number of benzene rings is 1. The van der Waals surface area contributed by atoms with Crippen molar-refractivity contribution in [2.75, 3.05) is 13.1 Å². The maximum Gasteiger partial charge on any atom is 0.239 e. The minimum absolute atomic E-state index is 0.226. The van der Waals surface area contributed by atoms with Crippen LogP contribution < -0.4 is 0 Å². The van der Waals surface area contributed by atoms with Gasteiger partial charge in [-0.25, -0.2) is 8.42 Å². The minimum Gasteiger partial charge on any atom is -0.285 e. The van der Waals surface area contributed by atoms with Crippen molar-refractivity contribution in [2.24, 2.45) is 0 Å². The molecule has 5 nitrogen and oxygen atoms in total. The van der Waals surface area contributed by atoms with Gasteiger partial charge in [0.1, 0.15) is 0 Å². The third-order valence-electron chi connectivity index (χ3n) is 5.06. The number of rotatable bonds is 3. The van der Waals surface area contributed by atoms with Gasteiger partial charge in [-0.1, -0.05) is 24.3 Å². The Labute approximate surface area is 142 Å². The Morgan fingerprint density at radius 1 is 1.21 bits per heavy atom. The van der Waals surface area contributed by atoms with E-state index in [4.69, 9.17) is 0 Å². The zero-order valence-electron chi connectivity index (χ0n) is 13.5. The zero-order chi connectivity index (χ0) is 16.6. The number of H-pyrrole nitrogens is 1. The number of allylic oxidation sites excluding steroid dienone is 1. The fourth-order valence-electron chi connectivity index (χ4n) is 3.69. The predicted molar refractivity (Wildman–Crippen MR) is 93.8 cm³/mol. The van der Waals surface area contributed by atoms with E-state index >= 15 is 0 Å². The molecule has 1 aliphatic carbocycles. The normalized spacial score (nSPS) is 22.0. The van der Waals surface area contributed by atoms with E-state index in [0.717, 1.165) is 30.4 Å². The van der Waals surface area contributed by atoms with Gasteiger partial charge < -0.3 is 0 Å². The standard InChI is InChI=1S/C18H21N3O2S/c22-24(23,18-8-7-14-4-1-2-5-15(14)10-18)21-9-3-6-16(13-21)17-11-19-20-12-17/h1-2,4-5,10-12,16H,3,6-9,13H2,(H,19,20). The fourth-order valence-corrected chi connectivity index (χ4v) is 5.41. The Morgan fingerprint density at radius 2 is 2.08 bits per heavy atom. The van der Waals surface area contributed by atoms with Crippen LogP contribution in [0.1, 0.15) is 41.9 Å². The van der Waals surface area contributed by atoms with Crippen LogP contribution >= 0.6 is 0 Å². The molecule has 126 valence electrons. The molecule has 1 aromatic heterocycles. The maximum atomic E-state index is 13.1. The monoisotopic (exact) mass is 343 g/mol. The second-order valence-electron chi connectivity index (χ2n) is 6.54. The summed E-state index contributed by atoms with van der Waals surface area (Å²) in [7, 11) is -3.39. The summed E-state index contributed by atoms with van der Waals surface area (Å²) in [6.45, 7) is 1.15. The van der Waals surface area contributed by atoms with Gasteiger partial charge in [0.15, 0.2) is 0 Å². The van der Waals surface area contributed by atoms with Crippen LogP contribution in [0.5, 0.6) is 0 Å². The number of piperidine rings is 1. The van der Waals surface area contributed by atoms with Gasteiger partial charge in [0.2, 0.25) is 10.0 Å². The molecule has 4 rings (SSSR count). The molecule has 1 unspecified atom stereocenters. The molecule has 0 radical (unpaired) electrons. The van der Waals surface area contributed by atoms with Gasteiger partial charge >= 0.3 is 0 Å². The van der Waals surface area contributed by atoms with Crippen molar-refractivity contribution in [3.8, 4) is 0 Å². The lowest BCUT2D eigenvalue weighted by Gasteiger charge is -2.32. The van der Waals surface area contributed by atoms with Crippen LogP contribution in [0.15, 0.2) is 41.6 Å². The van der Waals surface area contributed by atoms with Gasteiger partial charge in [0, 0.05) is 25.2 Å². The topological polar surface area (TPSA) is 66.1 Å². The van der Waals surface area contributed by atoms with Crippen LogP contribution in [0.2, 0.25) is 0 Å². The summed E-state index contributed by atoms with van der Waals surface area (Å²) < 4.78 is 27.9. The molecule has 1 atom stereocenters. The smallest absolute Gasteiger partial charge is 0.239 e. The van der Waals surface area contributed by atoms with Crippen LogP contribution in [0.4, 0.5) is 0 Å². The molecule has 2 heterocycles. The summed E-state index contributed by atoms with van der Waals surface area (Å²) in [6, 6.07) is 8.03. The van der Waals surface area contributed by atoms with Gasteiger partial charge in [-0.05, 0) is 48.4 Å². The Hall–Kier alpha value is -1.92. The zero-order valence-corrected chi connectivity index (χ0v) is 14.3. The van der Waals surface area contributed by atoms with Gasteiger partial charge in [0.05, 0.1) is 11.1 Å². The van der Waals surface area contributed by atoms with Crippen molar-refractivity contribution in [3.05, 3.63) is 58.3 Å². The molecule has 0 amide bonds. The average molecular weight is 343 g/mol. The third kappa shape index (κ3) is 2.80. The second kappa shape index (κ2) is 6.18. The number of hydrogen-bond donors (Lipinski definition) is 1. The number of aryl methyl sites for hydroxylation is 1. The third-order valence-corrected chi connectivity index (χ3v) is 7.05. The molecule has 1 aliphatic heterocycles. The molecule has 1 N–H and O–H groups in total. The SMILES string of the molecule is O=S(=O)(C1=Cc2ccccc2CC1)N1CCCC(c2cn[nH]c2)C1. The van der Waals surface area contributed by atoms with E-state index in [0.29, 0.717) is 24.4 Å². The Balaban J connectivity index is 1.60. The quantitative estimate of drug-likeness (QED) is 0.932. The highest BCUT2D eigenvalue weighted by atomic mass is 32.2. The average Bonchev–Trinajstić information content (AvgIpc) is 3.16. The molecule has 2 aliphatic rings. The first-order valence-corrected chi connectivity index (χ1v) is 9.86. The Kier molecular flexibility index (Phi) is 4.02. The number of aromatic amines is 1. The van der Waals surface area contributed by atoms with Crippen LogP contribution in [0.25, 0.3) is 6.08 Å². The van der Waals surface area contributed by atoms with Crippen molar-refractivity contribution in [2.45, 2.75) is 31.6 Å². The molecule has 0 spiro atoms. The molecular formula is C18H21N3O2S. The summed E-state index contributed by atoms with van der Waals surface area (Å²) in [5, 5.41) is 6.82. The van der Waals surface area contributed by atoms with E-state index in [1.807, 2.05) is 30.5 Å². The number of nitrogens with one attached hydrogen (secondary N) is 1. The fraction of sp³-hybridized carbons (Fsp3) is 0.389. The van der Waals surface area contributed by atoms with Gasteiger partial charge in [-0.2, -0.15) is 9.40 Å². The van der Waals surface area contributed by atoms with Crippen LogP contribution in [0.3, 0.4) is 0 Å². The maximum absolute atomic E-state index is 13.1. The van der Waals surface area contributed by atoms with E-state index in [1.54, 1.807) is 10.5 Å². The van der Waals surface area contributed by atoms with Gasteiger partial charge in [-0.15, -0.1) is 0 Å². The highest BCUT2D eigenvalue weighted by Crippen LogP contribution is 2.33. The Bertz CT molecular complexity index is 856. The first-order valence-electron chi connectivity index (χ1n) is 8.42. The van der Waals surface area contributed by atoms with Gasteiger partial charge in [0.25, 0.3) is 0 Å². The number of sulfonamides is 1. The molecular weight excluding hydrogens is 322 g/mol. The van der Waals surface area contributed by atoms with Crippen LogP contribution in [-0.2, 0) is 16.4 Å². The summed E-state index contributed by atoms with van der Waals surface area (Å²) in [4.78, 5) is 0.550. The number of nitrogens with zero attached hydrogens (tertiary/aromatic N) is 2. The van der Waals surface area contributed by atoms with E-state index in [-0.39, 0.29) is 5.92 Å². The molecule has 1 aromatic carbocycles. The molecule has 24 heavy (non-hydrogen) atoms. The molecule has 6 heteroatoms. The van der Waals surface area contributed by atoms with Crippen LogP contribution in [0, 0.1) is 0 Å². The lowest BCUT2D eigenvalue weighted by molar-refractivity contribution is 0.317. The lowest BCUT2D eigenvalue weighted by atomic mass is 9.94. The number of fused-ring (bicyclic) bond motifs is 1. The number of aromatic nitrogens is 2. The highest BCUT2D eigenvalue weighted by Gasteiger charge is 2.33. The molecule has 0 saturated carbocycles.